The molecule has 0 bridgehead atoms. The van der Waals surface area contributed by atoms with Gasteiger partial charge in [-0.2, -0.15) is 0 Å². The Morgan fingerprint density at radius 1 is 0.600 bits per heavy atom. The Kier molecular flexibility index (Phi) is 3.42. The molecule has 88 valence electrons. The van der Waals surface area contributed by atoms with Crippen LogP contribution in [0.5, 0.6) is 0 Å². The fraction of sp³-hybridized carbons (Fsp3) is 1.00. The molecule has 2 aliphatic carbocycles. The van der Waals surface area contributed by atoms with Gasteiger partial charge in [-0.25, -0.2) is 0 Å². The first-order valence-corrected chi connectivity index (χ1v) is 7.13. The van der Waals surface area contributed by atoms with Crippen molar-refractivity contribution in [3.63, 3.8) is 0 Å². The van der Waals surface area contributed by atoms with Gasteiger partial charge in [0.05, 0.1) is 0 Å². The third-order valence-electron chi connectivity index (χ3n) is 5.90. The van der Waals surface area contributed by atoms with E-state index in [4.69, 9.17) is 0 Å². The van der Waals surface area contributed by atoms with Gasteiger partial charge in [-0.3, -0.25) is 0 Å². The summed E-state index contributed by atoms with van der Waals surface area (Å²) in [5.41, 5.74) is 0. The summed E-state index contributed by atoms with van der Waals surface area (Å²) in [5.74, 6) is 5.95. The molecule has 0 amide bonds. The summed E-state index contributed by atoms with van der Waals surface area (Å²) < 4.78 is 0. The summed E-state index contributed by atoms with van der Waals surface area (Å²) in [4.78, 5) is 0. The van der Waals surface area contributed by atoms with Gasteiger partial charge in [0.2, 0.25) is 0 Å². The van der Waals surface area contributed by atoms with Crippen molar-refractivity contribution >= 4 is 0 Å². The minimum atomic E-state index is 0.951. The molecule has 0 spiro atoms. The SMILES string of the molecule is CC1C(C)C(C)C(C2CCCCC2)C1C. The summed E-state index contributed by atoms with van der Waals surface area (Å²) in [6.07, 6.45) is 7.56. The standard InChI is InChI=1S/C15H28/c1-10-11(2)13(4)15(12(10)3)14-8-6-5-7-9-14/h10-15H,5-9H2,1-4H3. The number of rotatable bonds is 1. The fourth-order valence-electron chi connectivity index (χ4n) is 4.52. The van der Waals surface area contributed by atoms with Crippen molar-refractivity contribution in [3.05, 3.63) is 0 Å². The number of hydrogen-bond donors (Lipinski definition) is 0. The molecule has 2 rings (SSSR count). The van der Waals surface area contributed by atoms with Crippen LogP contribution in [0.3, 0.4) is 0 Å². The highest BCUT2D eigenvalue weighted by Gasteiger charge is 2.44. The lowest BCUT2D eigenvalue weighted by Crippen LogP contribution is -2.25. The number of hydrogen-bond acceptors (Lipinski definition) is 0. The lowest BCUT2D eigenvalue weighted by Gasteiger charge is -2.33. The quantitative estimate of drug-likeness (QED) is 0.584. The van der Waals surface area contributed by atoms with Gasteiger partial charge in [0.1, 0.15) is 0 Å². The van der Waals surface area contributed by atoms with Crippen molar-refractivity contribution in [2.75, 3.05) is 0 Å². The molecule has 0 heterocycles. The van der Waals surface area contributed by atoms with Crippen molar-refractivity contribution in [3.8, 4) is 0 Å². The third-order valence-corrected chi connectivity index (χ3v) is 5.90. The van der Waals surface area contributed by atoms with Gasteiger partial charge in [0, 0.05) is 0 Å². The van der Waals surface area contributed by atoms with Crippen LogP contribution in [0.4, 0.5) is 0 Å². The molecular formula is C15H28. The molecule has 0 saturated heterocycles. The van der Waals surface area contributed by atoms with Gasteiger partial charge in [-0.05, 0) is 35.5 Å². The average Bonchev–Trinajstić information content (AvgIpc) is 2.45. The Bertz CT molecular complexity index is 188. The molecule has 0 heteroatoms. The molecule has 0 aromatic rings. The van der Waals surface area contributed by atoms with Crippen molar-refractivity contribution in [2.45, 2.75) is 59.8 Å². The lowest BCUT2D eigenvalue weighted by atomic mass is 9.72. The predicted octanol–water partition coefficient (Wildman–Crippen LogP) is 4.74. The summed E-state index contributed by atoms with van der Waals surface area (Å²) in [5, 5.41) is 0. The molecule has 2 fully saturated rings. The van der Waals surface area contributed by atoms with Crippen molar-refractivity contribution in [1.82, 2.24) is 0 Å². The smallest absolute Gasteiger partial charge is 0.0329 e. The maximum absolute atomic E-state index is 2.52. The van der Waals surface area contributed by atoms with Gasteiger partial charge < -0.3 is 0 Å². The Morgan fingerprint density at radius 2 is 1.07 bits per heavy atom. The largest absolute Gasteiger partial charge is 0.0620 e. The summed E-state index contributed by atoms with van der Waals surface area (Å²) in [7, 11) is 0. The van der Waals surface area contributed by atoms with E-state index in [2.05, 4.69) is 27.7 Å². The van der Waals surface area contributed by atoms with Crippen LogP contribution in [0.1, 0.15) is 59.8 Å². The lowest BCUT2D eigenvalue weighted by molar-refractivity contribution is 0.163. The summed E-state index contributed by atoms with van der Waals surface area (Å²) in [6, 6.07) is 0. The van der Waals surface area contributed by atoms with Crippen molar-refractivity contribution in [1.29, 1.82) is 0 Å². The van der Waals surface area contributed by atoms with E-state index in [1.165, 1.54) is 32.1 Å². The van der Waals surface area contributed by atoms with Crippen molar-refractivity contribution in [2.24, 2.45) is 35.5 Å². The summed E-state index contributed by atoms with van der Waals surface area (Å²) in [6.45, 7) is 10.00. The van der Waals surface area contributed by atoms with Gasteiger partial charge in [0.15, 0.2) is 0 Å². The van der Waals surface area contributed by atoms with Crippen LogP contribution in [0.25, 0.3) is 0 Å². The van der Waals surface area contributed by atoms with Gasteiger partial charge >= 0.3 is 0 Å². The van der Waals surface area contributed by atoms with E-state index in [0.717, 1.165) is 35.5 Å². The molecule has 0 N–H and O–H groups in total. The normalized spacial score (nSPS) is 48.4. The van der Waals surface area contributed by atoms with Crippen LogP contribution in [-0.4, -0.2) is 0 Å². The second-order valence-corrected chi connectivity index (χ2v) is 6.41. The van der Waals surface area contributed by atoms with E-state index in [9.17, 15) is 0 Å². The van der Waals surface area contributed by atoms with E-state index in [0.29, 0.717) is 0 Å². The zero-order valence-electron chi connectivity index (χ0n) is 11.0. The third kappa shape index (κ3) is 1.97. The van der Waals surface area contributed by atoms with Crippen molar-refractivity contribution < 1.29 is 0 Å². The van der Waals surface area contributed by atoms with Crippen LogP contribution in [0, 0.1) is 35.5 Å². The predicted molar refractivity (Wildman–Crippen MR) is 66.7 cm³/mol. The Balaban J connectivity index is 2.07. The van der Waals surface area contributed by atoms with Crippen LogP contribution in [0.2, 0.25) is 0 Å². The molecule has 0 aromatic heterocycles. The van der Waals surface area contributed by atoms with Crippen LogP contribution < -0.4 is 0 Å². The first-order chi connectivity index (χ1) is 7.13. The molecule has 4 atom stereocenters. The molecule has 0 nitrogen and oxygen atoms in total. The minimum absolute atomic E-state index is 0.951. The van der Waals surface area contributed by atoms with E-state index in [1.807, 2.05) is 0 Å². The molecule has 4 unspecified atom stereocenters. The molecule has 2 aliphatic rings. The van der Waals surface area contributed by atoms with E-state index in [1.54, 1.807) is 0 Å². The molecule has 0 aliphatic heterocycles. The Hall–Kier alpha value is 0. The monoisotopic (exact) mass is 208 g/mol. The zero-order chi connectivity index (χ0) is 11.0. The van der Waals surface area contributed by atoms with Crippen LogP contribution >= 0.6 is 0 Å². The van der Waals surface area contributed by atoms with E-state index >= 15 is 0 Å². The van der Waals surface area contributed by atoms with Crippen LogP contribution in [0.15, 0.2) is 0 Å². The van der Waals surface area contributed by atoms with Crippen LogP contribution in [-0.2, 0) is 0 Å². The zero-order valence-corrected chi connectivity index (χ0v) is 11.0. The van der Waals surface area contributed by atoms with E-state index in [-0.39, 0.29) is 0 Å². The minimum Gasteiger partial charge on any atom is -0.0620 e. The highest BCUT2D eigenvalue weighted by molar-refractivity contribution is 4.93. The highest BCUT2D eigenvalue weighted by Crippen LogP contribution is 2.51. The van der Waals surface area contributed by atoms with Gasteiger partial charge in [0.25, 0.3) is 0 Å². The first kappa shape index (κ1) is 11.5. The maximum Gasteiger partial charge on any atom is -0.0329 e. The molecular weight excluding hydrogens is 180 g/mol. The average molecular weight is 208 g/mol. The second kappa shape index (κ2) is 4.47. The fourth-order valence-corrected chi connectivity index (χ4v) is 4.52. The van der Waals surface area contributed by atoms with Gasteiger partial charge in [-0.1, -0.05) is 59.8 Å². The van der Waals surface area contributed by atoms with E-state index < -0.39 is 0 Å². The molecule has 15 heavy (non-hydrogen) atoms. The highest BCUT2D eigenvalue weighted by atomic mass is 14.5. The Morgan fingerprint density at radius 3 is 1.53 bits per heavy atom. The molecule has 2 saturated carbocycles. The second-order valence-electron chi connectivity index (χ2n) is 6.41. The summed E-state index contributed by atoms with van der Waals surface area (Å²) >= 11 is 0. The molecule has 0 aromatic carbocycles. The first-order valence-electron chi connectivity index (χ1n) is 7.13. The molecule has 0 radical (unpaired) electrons. The Labute approximate surface area is 95.8 Å². The maximum atomic E-state index is 2.52. The van der Waals surface area contributed by atoms with Gasteiger partial charge in [-0.15, -0.1) is 0 Å². The topological polar surface area (TPSA) is 0 Å².